The van der Waals surface area contributed by atoms with E-state index in [9.17, 15) is 27.6 Å². The van der Waals surface area contributed by atoms with Crippen molar-refractivity contribution in [1.82, 2.24) is 15.7 Å². The zero-order valence-electron chi connectivity index (χ0n) is 14.1. The Labute approximate surface area is 159 Å². The lowest BCUT2D eigenvalue weighted by Crippen LogP contribution is -2.37. The molecule has 0 spiro atoms. The summed E-state index contributed by atoms with van der Waals surface area (Å²) in [6.45, 7) is 0. The lowest BCUT2D eigenvalue weighted by Gasteiger charge is -2.16. The van der Waals surface area contributed by atoms with Gasteiger partial charge in [0.15, 0.2) is 5.25 Å². The molecule has 3 saturated heterocycles. The molecule has 150 valence electrons. The molecule has 0 radical (unpaired) electrons. The first-order valence-electron chi connectivity index (χ1n) is 8.39. The van der Waals surface area contributed by atoms with E-state index in [1.54, 1.807) is 11.8 Å². The zero-order valence-corrected chi connectivity index (χ0v) is 15.8. The average molecular weight is 421 g/mol. The first kappa shape index (κ1) is 19.9. The van der Waals surface area contributed by atoms with E-state index in [0.29, 0.717) is 12.8 Å². The summed E-state index contributed by atoms with van der Waals surface area (Å²) in [6.07, 6.45) is 1.11. The number of nitrogens with zero attached hydrogens (tertiary/aromatic N) is 1. The second kappa shape index (κ2) is 7.64. The highest BCUT2D eigenvalue weighted by Gasteiger charge is 2.48. The summed E-state index contributed by atoms with van der Waals surface area (Å²) in [6, 6.07) is 0.0362. The van der Waals surface area contributed by atoms with Crippen molar-refractivity contribution in [3.05, 3.63) is 0 Å². The number of hydrogen-bond donors (Lipinski definition) is 3. The van der Waals surface area contributed by atoms with Crippen LogP contribution in [0.5, 0.6) is 0 Å². The van der Waals surface area contributed by atoms with Crippen molar-refractivity contribution in [3.63, 3.8) is 0 Å². The van der Waals surface area contributed by atoms with Crippen molar-refractivity contribution in [3.8, 4) is 0 Å². The van der Waals surface area contributed by atoms with Gasteiger partial charge in [-0.2, -0.15) is 20.2 Å². The molecule has 4 amide bonds. The third kappa shape index (κ3) is 4.35. The fourth-order valence-corrected chi connectivity index (χ4v) is 5.56. The number of thioether (sulfide) groups is 1. The highest BCUT2D eigenvalue weighted by molar-refractivity contribution is 8.00. The predicted molar refractivity (Wildman–Crippen MR) is 91.9 cm³/mol. The number of unbranched alkanes of at least 4 members (excludes halogenated alkanes) is 1. The van der Waals surface area contributed by atoms with Crippen molar-refractivity contribution in [2.75, 3.05) is 5.75 Å². The van der Waals surface area contributed by atoms with Crippen LogP contribution < -0.4 is 10.6 Å². The Morgan fingerprint density at radius 3 is 2.67 bits per heavy atom. The van der Waals surface area contributed by atoms with Gasteiger partial charge < -0.3 is 15.5 Å². The molecule has 3 aliphatic heterocycles. The van der Waals surface area contributed by atoms with Crippen LogP contribution in [-0.4, -0.2) is 70.2 Å². The number of imide groups is 1. The van der Waals surface area contributed by atoms with Gasteiger partial charge in [-0.1, -0.05) is 6.42 Å². The number of amides is 4. The van der Waals surface area contributed by atoms with E-state index < -0.39 is 39.6 Å². The minimum Gasteiger partial charge on any atom is -0.332 e. The normalized spacial score (nSPS) is 30.3. The van der Waals surface area contributed by atoms with Crippen LogP contribution in [0.2, 0.25) is 0 Å². The van der Waals surface area contributed by atoms with Gasteiger partial charge in [-0.15, -0.1) is 5.06 Å². The summed E-state index contributed by atoms with van der Waals surface area (Å²) < 4.78 is 31.0. The minimum absolute atomic E-state index is 0.0519. The molecular weight excluding hydrogens is 402 g/mol. The molecule has 0 aromatic rings. The summed E-state index contributed by atoms with van der Waals surface area (Å²) in [7, 11) is -4.74. The molecule has 0 aromatic carbocycles. The highest BCUT2D eigenvalue weighted by atomic mass is 32.2. The van der Waals surface area contributed by atoms with E-state index in [4.69, 9.17) is 4.55 Å². The van der Waals surface area contributed by atoms with Crippen LogP contribution in [-0.2, 0) is 29.3 Å². The summed E-state index contributed by atoms with van der Waals surface area (Å²) >= 11 is 1.75. The molecule has 0 unspecified atom stereocenters. The smallest absolute Gasteiger partial charge is 0.332 e. The van der Waals surface area contributed by atoms with E-state index >= 15 is 0 Å². The van der Waals surface area contributed by atoms with Gasteiger partial charge in [0.2, 0.25) is 0 Å². The topological polar surface area (TPSA) is 159 Å². The molecule has 11 nitrogen and oxygen atoms in total. The number of carbonyl (C=O) groups excluding carboxylic acids is 4. The van der Waals surface area contributed by atoms with Crippen LogP contribution in [0.25, 0.3) is 0 Å². The maximum Gasteiger partial charge on any atom is 0.333 e. The fourth-order valence-electron chi connectivity index (χ4n) is 3.32. The number of hydrogen-bond acceptors (Lipinski definition) is 8. The first-order valence-corrected chi connectivity index (χ1v) is 10.9. The summed E-state index contributed by atoms with van der Waals surface area (Å²) in [4.78, 5) is 51.2. The Bertz CT molecular complexity index is 770. The van der Waals surface area contributed by atoms with E-state index in [1.807, 2.05) is 0 Å². The van der Waals surface area contributed by atoms with Crippen LogP contribution in [0.15, 0.2) is 0 Å². The standard InChI is InChI=1S/C14H19N3O8S2/c18-10-5-9(27(22,23)24)13(20)17(10)25-11(19)4-2-1-3-8-12-7(6-26-8)15-14(21)16-12/h7-9,12H,1-6H2,(H2,15,16,21)(H,22,23,24)/t7-,8-,9-,12-/m1/s1. The molecule has 3 heterocycles. The molecule has 13 heteroatoms. The summed E-state index contributed by atoms with van der Waals surface area (Å²) in [5.41, 5.74) is 0. The van der Waals surface area contributed by atoms with Crippen LogP contribution in [0, 0.1) is 0 Å². The molecule has 3 fully saturated rings. The van der Waals surface area contributed by atoms with E-state index in [2.05, 4.69) is 15.5 Å². The Balaban J connectivity index is 1.40. The Hall–Kier alpha value is -1.86. The highest BCUT2D eigenvalue weighted by Crippen LogP contribution is 2.33. The monoisotopic (exact) mass is 421 g/mol. The number of fused-ring (bicyclic) bond motifs is 1. The minimum atomic E-state index is -4.74. The molecule has 3 aliphatic rings. The van der Waals surface area contributed by atoms with Gasteiger partial charge in [0, 0.05) is 17.4 Å². The number of carbonyl (C=O) groups is 4. The summed E-state index contributed by atoms with van der Waals surface area (Å²) in [5, 5.41) is 4.15. The van der Waals surface area contributed by atoms with Crippen molar-refractivity contribution in [2.45, 2.75) is 54.7 Å². The largest absolute Gasteiger partial charge is 0.333 e. The van der Waals surface area contributed by atoms with Gasteiger partial charge in [-0.05, 0) is 12.8 Å². The second-order valence-electron chi connectivity index (χ2n) is 6.57. The predicted octanol–water partition coefficient (Wildman–Crippen LogP) is -0.814. The lowest BCUT2D eigenvalue weighted by atomic mass is 10.0. The van der Waals surface area contributed by atoms with E-state index in [-0.39, 0.29) is 34.8 Å². The molecule has 0 aliphatic carbocycles. The van der Waals surface area contributed by atoms with E-state index in [0.717, 1.165) is 12.2 Å². The molecule has 3 N–H and O–H groups in total. The third-order valence-electron chi connectivity index (χ3n) is 4.67. The number of hydroxylamine groups is 2. The van der Waals surface area contributed by atoms with E-state index in [1.165, 1.54) is 0 Å². The van der Waals surface area contributed by atoms with Crippen molar-refractivity contribution < 1.29 is 37.0 Å². The summed E-state index contributed by atoms with van der Waals surface area (Å²) in [5.74, 6) is -2.26. The quantitative estimate of drug-likeness (QED) is 0.207. The average Bonchev–Trinajstić information content (AvgIpc) is 3.19. The Kier molecular flexibility index (Phi) is 5.63. The third-order valence-corrected chi connectivity index (χ3v) is 7.27. The molecule has 4 atom stereocenters. The lowest BCUT2D eigenvalue weighted by molar-refractivity contribution is -0.197. The molecule has 3 rings (SSSR count). The molecule has 0 saturated carbocycles. The van der Waals surface area contributed by atoms with Gasteiger partial charge >= 0.3 is 12.0 Å². The maximum atomic E-state index is 11.8. The molecule has 0 aromatic heterocycles. The Morgan fingerprint density at radius 1 is 1.26 bits per heavy atom. The number of rotatable bonds is 7. The van der Waals surface area contributed by atoms with Gasteiger partial charge in [0.05, 0.1) is 18.5 Å². The van der Waals surface area contributed by atoms with Gasteiger partial charge in [0.25, 0.3) is 21.9 Å². The van der Waals surface area contributed by atoms with Crippen LogP contribution >= 0.6 is 11.8 Å². The molecule has 0 bridgehead atoms. The van der Waals surface area contributed by atoms with Crippen LogP contribution in [0.4, 0.5) is 4.79 Å². The number of urea groups is 1. The first-order chi connectivity index (χ1) is 12.7. The van der Waals surface area contributed by atoms with Crippen molar-refractivity contribution in [2.24, 2.45) is 0 Å². The Morgan fingerprint density at radius 2 is 2.00 bits per heavy atom. The van der Waals surface area contributed by atoms with Gasteiger partial charge in [-0.25, -0.2) is 9.59 Å². The van der Waals surface area contributed by atoms with Gasteiger partial charge in [0.1, 0.15) is 0 Å². The van der Waals surface area contributed by atoms with Crippen LogP contribution in [0.1, 0.15) is 32.1 Å². The number of nitrogens with one attached hydrogen (secondary N) is 2. The fraction of sp³-hybridized carbons (Fsp3) is 0.714. The molecule has 27 heavy (non-hydrogen) atoms. The SMILES string of the molecule is O=C1N[C@@H]2[C@@H](CS[C@@H]2CCCCC(=O)ON2C(=O)C[C@@H](S(=O)(=O)O)C2=O)N1. The second-order valence-corrected chi connectivity index (χ2v) is 9.44. The maximum absolute atomic E-state index is 11.8. The zero-order chi connectivity index (χ0) is 19.8. The van der Waals surface area contributed by atoms with Gasteiger partial charge in [-0.3, -0.25) is 14.1 Å². The van der Waals surface area contributed by atoms with Crippen molar-refractivity contribution in [1.29, 1.82) is 0 Å². The van der Waals surface area contributed by atoms with Crippen LogP contribution in [0.3, 0.4) is 0 Å². The van der Waals surface area contributed by atoms with Crippen molar-refractivity contribution >= 4 is 45.7 Å². The molecular formula is C14H19N3O8S2.